The number of hydrogen-bond donors (Lipinski definition) is 4. The van der Waals surface area contributed by atoms with Crippen molar-refractivity contribution < 1.29 is 15.3 Å². The van der Waals surface area contributed by atoms with Crippen LogP contribution in [0, 0.1) is 5.41 Å². The maximum Gasteiger partial charge on any atom is 0.0914 e. The normalized spacial score (nSPS) is 13.6. The molecule has 4 N–H and O–H groups in total. The second-order valence-electron chi connectivity index (χ2n) is 4.68. The van der Waals surface area contributed by atoms with Gasteiger partial charge in [-0.05, 0) is 5.56 Å². The Morgan fingerprint density at radius 1 is 1.18 bits per heavy atom. The summed E-state index contributed by atoms with van der Waals surface area (Å²) < 4.78 is 0. The van der Waals surface area contributed by atoms with Gasteiger partial charge < -0.3 is 20.6 Å². The van der Waals surface area contributed by atoms with E-state index < -0.39 is 11.5 Å². The van der Waals surface area contributed by atoms with Gasteiger partial charge in [-0.1, -0.05) is 37.3 Å². The summed E-state index contributed by atoms with van der Waals surface area (Å²) in [6.07, 6.45) is -0.571. The molecule has 1 atom stereocenters. The van der Waals surface area contributed by atoms with Crippen LogP contribution in [-0.2, 0) is 0 Å². The summed E-state index contributed by atoms with van der Waals surface area (Å²) in [5, 5.41) is 31.1. The molecule has 0 aliphatic rings. The lowest BCUT2D eigenvalue weighted by molar-refractivity contribution is 0.0655. The van der Waals surface area contributed by atoms with Crippen LogP contribution in [0.15, 0.2) is 30.3 Å². The van der Waals surface area contributed by atoms with Crippen LogP contribution in [0.4, 0.5) is 0 Å². The molecule has 0 radical (unpaired) electrons. The molecule has 4 nitrogen and oxygen atoms in total. The predicted octanol–water partition coefficient (Wildman–Crippen LogP) is 0.300. The minimum absolute atomic E-state index is 0.0854. The number of aliphatic hydroxyl groups is 3. The topological polar surface area (TPSA) is 72.7 Å². The molecule has 1 rings (SSSR count). The smallest absolute Gasteiger partial charge is 0.0914 e. The van der Waals surface area contributed by atoms with E-state index >= 15 is 0 Å². The summed E-state index contributed by atoms with van der Waals surface area (Å²) in [6, 6.07) is 9.39. The van der Waals surface area contributed by atoms with Gasteiger partial charge in [0.15, 0.2) is 0 Å². The molecule has 1 aromatic rings. The van der Waals surface area contributed by atoms with Gasteiger partial charge in [0.05, 0.1) is 19.3 Å². The summed E-state index contributed by atoms with van der Waals surface area (Å²) in [5.74, 6) is 0. The van der Waals surface area contributed by atoms with Crippen LogP contribution in [0.1, 0.15) is 18.6 Å². The van der Waals surface area contributed by atoms with Gasteiger partial charge in [-0.3, -0.25) is 0 Å². The van der Waals surface area contributed by atoms with Crippen molar-refractivity contribution in [1.82, 2.24) is 5.32 Å². The van der Waals surface area contributed by atoms with Gasteiger partial charge in [-0.25, -0.2) is 0 Å². The largest absolute Gasteiger partial charge is 0.396 e. The van der Waals surface area contributed by atoms with Gasteiger partial charge in [0.2, 0.25) is 0 Å². The van der Waals surface area contributed by atoms with Crippen LogP contribution in [0.5, 0.6) is 0 Å². The molecule has 0 spiro atoms. The molecule has 0 saturated heterocycles. The first-order valence-corrected chi connectivity index (χ1v) is 5.77. The summed E-state index contributed by atoms with van der Waals surface area (Å²) in [7, 11) is 0. The maximum absolute atomic E-state index is 9.88. The maximum atomic E-state index is 9.88. The Balaban J connectivity index is 2.37. The van der Waals surface area contributed by atoms with Gasteiger partial charge >= 0.3 is 0 Å². The van der Waals surface area contributed by atoms with Crippen molar-refractivity contribution in [3.8, 4) is 0 Å². The molecule has 0 fully saturated rings. The fraction of sp³-hybridized carbons (Fsp3) is 0.538. The number of hydrogen-bond acceptors (Lipinski definition) is 4. The van der Waals surface area contributed by atoms with Gasteiger partial charge in [-0.2, -0.15) is 0 Å². The SMILES string of the molecule is CC(CO)(CO)CNCC(O)c1ccccc1. The summed E-state index contributed by atoms with van der Waals surface area (Å²) in [6.45, 7) is 2.48. The fourth-order valence-electron chi connectivity index (χ4n) is 1.47. The molecule has 96 valence electrons. The van der Waals surface area contributed by atoms with Crippen molar-refractivity contribution in [3.05, 3.63) is 35.9 Å². The van der Waals surface area contributed by atoms with E-state index in [-0.39, 0.29) is 13.2 Å². The lowest BCUT2D eigenvalue weighted by Crippen LogP contribution is -2.39. The molecule has 0 bridgehead atoms. The highest BCUT2D eigenvalue weighted by atomic mass is 16.3. The molecule has 0 aromatic heterocycles. The van der Waals surface area contributed by atoms with Crippen molar-refractivity contribution in [2.24, 2.45) is 5.41 Å². The Kier molecular flexibility index (Phi) is 5.58. The molecular formula is C13H21NO3. The van der Waals surface area contributed by atoms with Crippen LogP contribution in [-0.4, -0.2) is 41.6 Å². The average Bonchev–Trinajstić information content (AvgIpc) is 2.39. The van der Waals surface area contributed by atoms with Gasteiger partial charge in [-0.15, -0.1) is 0 Å². The Hall–Kier alpha value is -0.940. The zero-order valence-corrected chi connectivity index (χ0v) is 10.1. The van der Waals surface area contributed by atoms with Crippen LogP contribution in [0.25, 0.3) is 0 Å². The highest BCUT2D eigenvalue weighted by Crippen LogP contribution is 2.14. The minimum atomic E-state index is -0.571. The van der Waals surface area contributed by atoms with Gasteiger partial charge in [0.25, 0.3) is 0 Å². The number of nitrogens with one attached hydrogen (secondary N) is 1. The number of aliphatic hydroxyl groups excluding tert-OH is 3. The van der Waals surface area contributed by atoms with Crippen LogP contribution in [0.2, 0.25) is 0 Å². The highest BCUT2D eigenvalue weighted by Gasteiger charge is 2.22. The zero-order chi connectivity index (χ0) is 12.7. The van der Waals surface area contributed by atoms with Crippen LogP contribution in [0.3, 0.4) is 0 Å². The van der Waals surface area contributed by atoms with Crippen LogP contribution >= 0.6 is 0 Å². The first kappa shape index (κ1) is 14.1. The van der Waals surface area contributed by atoms with Crippen molar-refractivity contribution in [2.75, 3.05) is 26.3 Å². The monoisotopic (exact) mass is 239 g/mol. The average molecular weight is 239 g/mol. The third-order valence-electron chi connectivity index (χ3n) is 2.84. The second kappa shape index (κ2) is 6.71. The molecule has 0 saturated carbocycles. The zero-order valence-electron chi connectivity index (χ0n) is 10.1. The molecule has 1 aromatic carbocycles. The number of benzene rings is 1. The molecule has 0 amide bonds. The standard InChI is InChI=1S/C13H21NO3/c1-13(9-15,10-16)8-14-7-12(17)11-5-3-2-4-6-11/h2-6,12,14-17H,7-10H2,1H3. The van der Waals surface area contributed by atoms with E-state index in [1.165, 1.54) is 0 Å². The molecule has 0 aliphatic heterocycles. The van der Waals surface area contributed by atoms with E-state index in [2.05, 4.69) is 5.32 Å². The van der Waals surface area contributed by atoms with Crippen molar-refractivity contribution in [2.45, 2.75) is 13.0 Å². The quantitative estimate of drug-likeness (QED) is 0.552. The Morgan fingerprint density at radius 2 is 1.76 bits per heavy atom. The van der Waals surface area contributed by atoms with E-state index in [1.54, 1.807) is 6.92 Å². The van der Waals surface area contributed by atoms with Crippen molar-refractivity contribution in [3.63, 3.8) is 0 Å². The van der Waals surface area contributed by atoms with Gasteiger partial charge in [0.1, 0.15) is 0 Å². The lowest BCUT2D eigenvalue weighted by Gasteiger charge is -2.25. The molecule has 0 aliphatic carbocycles. The Labute approximate surface area is 102 Å². The highest BCUT2D eigenvalue weighted by molar-refractivity contribution is 5.17. The Bertz CT molecular complexity index is 312. The third kappa shape index (κ3) is 4.44. The summed E-state index contributed by atoms with van der Waals surface area (Å²) in [4.78, 5) is 0. The predicted molar refractivity (Wildman–Crippen MR) is 66.6 cm³/mol. The molecule has 4 heteroatoms. The number of rotatable bonds is 7. The van der Waals surface area contributed by atoms with Gasteiger partial charge in [0, 0.05) is 18.5 Å². The van der Waals surface area contributed by atoms with E-state index in [0.29, 0.717) is 13.1 Å². The molecular weight excluding hydrogens is 218 g/mol. The fourth-order valence-corrected chi connectivity index (χ4v) is 1.47. The van der Waals surface area contributed by atoms with Crippen LogP contribution < -0.4 is 5.32 Å². The first-order valence-electron chi connectivity index (χ1n) is 5.77. The lowest BCUT2D eigenvalue weighted by atomic mass is 9.93. The molecule has 17 heavy (non-hydrogen) atoms. The van der Waals surface area contributed by atoms with E-state index in [0.717, 1.165) is 5.56 Å². The van der Waals surface area contributed by atoms with E-state index in [4.69, 9.17) is 10.2 Å². The molecule has 1 unspecified atom stereocenters. The van der Waals surface area contributed by atoms with E-state index in [1.807, 2.05) is 30.3 Å². The minimum Gasteiger partial charge on any atom is -0.396 e. The Morgan fingerprint density at radius 3 is 2.29 bits per heavy atom. The summed E-state index contributed by atoms with van der Waals surface area (Å²) >= 11 is 0. The van der Waals surface area contributed by atoms with Crippen molar-refractivity contribution in [1.29, 1.82) is 0 Å². The molecule has 0 heterocycles. The summed E-state index contributed by atoms with van der Waals surface area (Å²) in [5.41, 5.74) is 0.311. The van der Waals surface area contributed by atoms with E-state index in [9.17, 15) is 5.11 Å². The van der Waals surface area contributed by atoms with Crippen molar-refractivity contribution >= 4 is 0 Å². The third-order valence-corrected chi connectivity index (χ3v) is 2.84. The first-order chi connectivity index (χ1) is 8.11. The second-order valence-corrected chi connectivity index (χ2v) is 4.68.